The number of aromatic nitrogens is 3. The minimum Gasteiger partial charge on any atom is -0.489 e. The van der Waals surface area contributed by atoms with Gasteiger partial charge >= 0.3 is 6.03 Å². The molecule has 0 aliphatic rings. The first kappa shape index (κ1) is 31.4. The summed E-state index contributed by atoms with van der Waals surface area (Å²) in [4.78, 5) is 40.1. The molecule has 0 fully saturated rings. The molecule has 2 amide bonds. The van der Waals surface area contributed by atoms with Crippen molar-refractivity contribution in [2.24, 2.45) is 5.92 Å². The molecule has 5 aromatic rings. The maximum absolute atomic E-state index is 14.1. The molecule has 2 aromatic carbocycles. The van der Waals surface area contributed by atoms with Crippen molar-refractivity contribution >= 4 is 28.4 Å². The predicted molar refractivity (Wildman–Crippen MR) is 182 cm³/mol. The van der Waals surface area contributed by atoms with Crippen LogP contribution < -0.4 is 20.5 Å². The van der Waals surface area contributed by atoms with Crippen molar-refractivity contribution in [1.29, 1.82) is 0 Å². The number of urea groups is 1. The lowest BCUT2D eigenvalue weighted by Gasteiger charge is -2.28. The second kappa shape index (κ2) is 13.8. The van der Waals surface area contributed by atoms with E-state index in [0.29, 0.717) is 24.5 Å². The summed E-state index contributed by atoms with van der Waals surface area (Å²) in [6.45, 7) is 13.4. The summed E-state index contributed by atoms with van der Waals surface area (Å²) in [5, 5.41) is 4.00. The van der Waals surface area contributed by atoms with E-state index in [1.807, 2.05) is 56.3 Å². The fourth-order valence-electron chi connectivity index (χ4n) is 5.38. The SMILES string of the molecule is CC(C)CN(C(=O)Nc1c(C(C)C)cc(-c2cccc(OCc3cccnc3)c2)cc1C(C)C)c1cc2cccnc2[nH]c1=O. The van der Waals surface area contributed by atoms with Gasteiger partial charge in [0.1, 0.15) is 23.7 Å². The van der Waals surface area contributed by atoms with E-state index < -0.39 is 0 Å². The molecule has 8 nitrogen and oxygen atoms in total. The quantitative estimate of drug-likeness (QED) is 0.167. The zero-order chi connectivity index (χ0) is 32.1. The number of anilines is 2. The first-order chi connectivity index (χ1) is 21.6. The normalized spacial score (nSPS) is 11.4. The number of fused-ring (bicyclic) bond motifs is 1. The summed E-state index contributed by atoms with van der Waals surface area (Å²) < 4.78 is 6.09. The number of carbonyl (C=O) groups is 1. The van der Waals surface area contributed by atoms with Crippen LogP contribution in [-0.2, 0) is 6.61 Å². The Morgan fingerprint density at radius 3 is 2.29 bits per heavy atom. The van der Waals surface area contributed by atoms with Gasteiger partial charge in [0.05, 0.1) is 0 Å². The Morgan fingerprint density at radius 2 is 1.62 bits per heavy atom. The highest BCUT2D eigenvalue weighted by Crippen LogP contribution is 2.38. The standard InChI is InChI=1S/C37H41N5O3/c1-23(2)21-42(33-19-28-12-9-15-39-35(28)41-36(33)43)37(44)40-34-31(24(3)4)17-29(18-32(34)25(5)6)27-11-7-13-30(16-27)45-22-26-10-8-14-38-20-26/h7-20,23-25H,21-22H2,1-6H3,(H,40,44)(H,39,41,43). The van der Waals surface area contributed by atoms with Crippen LogP contribution in [0.25, 0.3) is 22.2 Å². The van der Waals surface area contributed by atoms with Crippen LogP contribution in [0.4, 0.5) is 16.2 Å². The highest BCUT2D eigenvalue weighted by molar-refractivity contribution is 6.03. The van der Waals surface area contributed by atoms with Crippen LogP contribution in [-0.4, -0.2) is 27.5 Å². The zero-order valence-electron chi connectivity index (χ0n) is 26.8. The van der Waals surface area contributed by atoms with E-state index in [4.69, 9.17) is 4.74 Å². The fraction of sp³-hybridized carbons (Fsp3) is 0.297. The number of H-pyrrole nitrogens is 1. The summed E-state index contributed by atoms with van der Waals surface area (Å²) in [5.74, 6) is 1.14. The van der Waals surface area contributed by atoms with E-state index in [0.717, 1.165) is 44.6 Å². The van der Waals surface area contributed by atoms with Gasteiger partial charge in [0.2, 0.25) is 0 Å². The van der Waals surface area contributed by atoms with E-state index in [-0.39, 0.29) is 29.3 Å². The lowest BCUT2D eigenvalue weighted by atomic mass is 9.88. The summed E-state index contributed by atoms with van der Waals surface area (Å²) in [6.07, 6.45) is 5.18. The lowest BCUT2D eigenvalue weighted by Crippen LogP contribution is -2.41. The number of amides is 2. The van der Waals surface area contributed by atoms with E-state index in [9.17, 15) is 9.59 Å². The molecule has 8 heteroatoms. The number of carbonyl (C=O) groups excluding carboxylic acids is 1. The molecule has 0 aliphatic carbocycles. The minimum absolute atomic E-state index is 0.122. The molecule has 0 spiro atoms. The van der Waals surface area contributed by atoms with Crippen molar-refractivity contribution in [1.82, 2.24) is 15.0 Å². The van der Waals surface area contributed by atoms with Crippen LogP contribution in [0.3, 0.4) is 0 Å². The average molecular weight is 604 g/mol. The van der Waals surface area contributed by atoms with Crippen LogP contribution in [0.5, 0.6) is 5.75 Å². The van der Waals surface area contributed by atoms with E-state index >= 15 is 0 Å². The van der Waals surface area contributed by atoms with Gasteiger partial charge in [-0.25, -0.2) is 9.78 Å². The van der Waals surface area contributed by atoms with Gasteiger partial charge in [0, 0.05) is 41.8 Å². The van der Waals surface area contributed by atoms with Gasteiger partial charge in [-0.05, 0) is 88.5 Å². The topological polar surface area (TPSA) is 100 Å². The Morgan fingerprint density at radius 1 is 0.889 bits per heavy atom. The molecule has 0 radical (unpaired) electrons. The van der Waals surface area contributed by atoms with Gasteiger partial charge in [-0.1, -0.05) is 59.7 Å². The molecule has 0 saturated heterocycles. The van der Waals surface area contributed by atoms with E-state index in [1.54, 1.807) is 29.6 Å². The smallest absolute Gasteiger partial charge is 0.326 e. The van der Waals surface area contributed by atoms with Crippen molar-refractivity contribution in [2.45, 2.75) is 60.0 Å². The third kappa shape index (κ3) is 7.40. The average Bonchev–Trinajstić information content (AvgIpc) is 3.02. The number of pyridine rings is 3. The highest BCUT2D eigenvalue weighted by Gasteiger charge is 2.25. The number of rotatable bonds is 10. The van der Waals surface area contributed by atoms with E-state index in [2.05, 4.69) is 66.2 Å². The largest absolute Gasteiger partial charge is 0.489 e. The van der Waals surface area contributed by atoms with Crippen molar-refractivity contribution in [2.75, 3.05) is 16.8 Å². The Labute approximate surface area is 264 Å². The number of hydrogen-bond donors (Lipinski definition) is 2. The molecular formula is C37H41N5O3. The van der Waals surface area contributed by atoms with Gasteiger partial charge in [0.25, 0.3) is 5.56 Å². The number of nitrogens with zero attached hydrogens (tertiary/aromatic N) is 3. The number of ether oxygens (including phenoxy) is 1. The van der Waals surface area contributed by atoms with Gasteiger partial charge in [-0.15, -0.1) is 0 Å². The first-order valence-electron chi connectivity index (χ1n) is 15.5. The van der Waals surface area contributed by atoms with Crippen molar-refractivity contribution in [3.63, 3.8) is 0 Å². The Hall–Kier alpha value is -4.98. The Kier molecular flexibility index (Phi) is 9.62. The minimum atomic E-state index is -0.355. The molecule has 3 aromatic heterocycles. The molecule has 3 heterocycles. The maximum Gasteiger partial charge on any atom is 0.326 e. The third-order valence-electron chi connectivity index (χ3n) is 7.65. The maximum atomic E-state index is 14.1. The van der Waals surface area contributed by atoms with Crippen LogP contribution in [0.1, 0.15) is 70.1 Å². The fourth-order valence-corrected chi connectivity index (χ4v) is 5.38. The van der Waals surface area contributed by atoms with Crippen LogP contribution in [0, 0.1) is 5.92 Å². The lowest BCUT2D eigenvalue weighted by molar-refractivity contribution is 0.256. The first-order valence-corrected chi connectivity index (χ1v) is 15.5. The Bertz CT molecular complexity index is 1820. The van der Waals surface area contributed by atoms with E-state index in [1.165, 1.54) is 0 Å². The molecule has 2 N–H and O–H groups in total. The molecule has 5 rings (SSSR count). The Balaban J connectivity index is 1.51. The molecule has 0 atom stereocenters. The van der Waals surface area contributed by atoms with Crippen molar-refractivity contribution in [3.8, 4) is 16.9 Å². The third-order valence-corrected chi connectivity index (χ3v) is 7.65. The monoisotopic (exact) mass is 603 g/mol. The molecule has 0 bridgehead atoms. The number of aromatic amines is 1. The second-order valence-electron chi connectivity index (χ2n) is 12.4. The van der Waals surface area contributed by atoms with Gasteiger partial charge in [0.15, 0.2) is 0 Å². The predicted octanol–water partition coefficient (Wildman–Crippen LogP) is 8.51. The summed E-state index contributed by atoms with van der Waals surface area (Å²) in [7, 11) is 0. The molecule has 232 valence electrons. The summed E-state index contributed by atoms with van der Waals surface area (Å²) in [5.41, 5.74) is 6.32. The highest BCUT2D eigenvalue weighted by atomic mass is 16.5. The van der Waals surface area contributed by atoms with Crippen LogP contribution >= 0.6 is 0 Å². The molecular weight excluding hydrogens is 562 g/mol. The zero-order valence-corrected chi connectivity index (χ0v) is 26.8. The van der Waals surface area contributed by atoms with Gasteiger partial charge in [-0.3, -0.25) is 14.7 Å². The van der Waals surface area contributed by atoms with Crippen molar-refractivity contribution < 1.29 is 9.53 Å². The van der Waals surface area contributed by atoms with Gasteiger partial charge < -0.3 is 15.0 Å². The number of benzene rings is 2. The van der Waals surface area contributed by atoms with Crippen LogP contribution in [0.2, 0.25) is 0 Å². The molecule has 0 saturated carbocycles. The second-order valence-corrected chi connectivity index (χ2v) is 12.4. The number of nitrogens with one attached hydrogen (secondary N) is 2. The molecule has 45 heavy (non-hydrogen) atoms. The number of hydrogen-bond acceptors (Lipinski definition) is 5. The molecule has 0 unspecified atom stereocenters. The summed E-state index contributed by atoms with van der Waals surface area (Å²) in [6, 6.07) is 21.3. The van der Waals surface area contributed by atoms with Crippen molar-refractivity contribution in [3.05, 3.63) is 112 Å². The molecule has 0 aliphatic heterocycles. The van der Waals surface area contributed by atoms with Crippen LogP contribution in [0.15, 0.2) is 90.1 Å². The van der Waals surface area contributed by atoms with Gasteiger partial charge in [-0.2, -0.15) is 0 Å². The summed E-state index contributed by atoms with van der Waals surface area (Å²) >= 11 is 0.